The first kappa shape index (κ1) is 29.2. The number of pyridine rings is 1. The summed E-state index contributed by atoms with van der Waals surface area (Å²) in [6.07, 6.45) is 3.33. The van der Waals surface area contributed by atoms with Crippen LogP contribution in [0, 0.1) is 0 Å². The van der Waals surface area contributed by atoms with Crippen LogP contribution in [0.15, 0.2) is 53.6 Å². The number of benzene rings is 1. The van der Waals surface area contributed by atoms with Crippen molar-refractivity contribution in [3.8, 4) is 5.69 Å². The van der Waals surface area contributed by atoms with Crippen LogP contribution in [0.3, 0.4) is 0 Å². The van der Waals surface area contributed by atoms with Crippen LogP contribution in [0.25, 0.3) is 16.9 Å². The monoisotopic (exact) mass is 560 g/mol. The number of aryl methyl sites for hydroxylation is 1. The fourth-order valence-electron chi connectivity index (χ4n) is 4.90. The quantitative estimate of drug-likeness (QED) is 0.283. The van der Waals surface area contributed by atoms with Crippen LogP contribution < -0.4 is 20.8 Å². The van der Waals surface area contributed by atoms with Crippen LogP contribution in [-0.2, 0) is 23.1 Å². The van der Waals surface area contributed by atoms with Gasteiger partial charge in [0.25, 0.3) is 0 Å². The maximum atomic E-state index is 12.9. The predicted molar refractivity (Wildman–Crippen MR) is 159 cm³/mol. The van der Waals surface area contributed by atoms with E-state index < -0.39 is 12.0 Å². The number of carboxylic acids is 1. The molecular weight excluding hydrogens is 524 g/mol. The molecule has 0 unspecified atom stereocenters. The molecule has 216 valence electrons. The fourth-order valence-corrected chi connectivity index (χ4v) is 4.90. The second-order valence-corrected chi connectivity index (χ2v) is 9.99. The van der Waals surface area contributed by atoms with E-state index in [1.165, 1.54) is 21.0 Å². The third kappa shape index (κ3) is 5.91. The van der Waals surface area contributed by atoms with Gasteiger partial charge in [-0.1, -0.05) is 12.1 Å². The number of carbonyl (C=O) groups is 2. The number of fused-ring (bicyclic) bond motifs is 1. The second-order valence-electron chi connectivity index (χ2n) is 9.99. The predicted octanol–water partition coefficient (Wildman–Crippen LogP) is 3.23. The van der Waals surface area contributed by atoms with Gasteiger partial charge in [0.2, 0.25) is 11.9 Å². The highest BCUT2D eigenvalue weighted by atomic mass is 16.4. The van der Waals surface area contributed by atoms with Gasteiger partial charge < -0.3 is 20.2 Å². The van der Waals surface area contributed by atoms with Crippen molar-refractivity contribution in [2.24, 2.45) is 7.05 Å². The van der Waals surface area contributed by atoms with Crippen LogP contribution in [0.1, 0.15) is 40.2 Å². The molecule has 41 heavy (non-hydrogen) atoms. The number of nitrogens with one attached hydrogen (secondary N) is 1. The smallest absolute Gasteiger partial charge is 0.334 e. The number of anilines is 3. The average molecular weight is 561 g/mol. The third-order valence-electron chi connectivity index (χ3n) is 6.98. The highest BCUT2D eigenvalue weighted by Crippen LogP contribution is 2.29. The molecule has 0 saturated heterocycles. The van der Waals surface area contributed by atoms with Crippen LogP contribution in [-0.4, -0.2) is 66.2 Å². The number of hydrogen-bond acceptors (Lipinski definition) is 8. The van der Waals surface area contributed by atoms with E-state index in [0.717, 1.165) is 5.56 Å². The topological polar surface area (TPSA) is 138 Å². The number of nitrogens with zero attached hydrogens (tertiary/aromatic N) is 7. The molecule has 4 aromatic rings. The molecule has 0 radical (unpaired) electrons. The number of hydrogen-bond donors (Lipinski definition) is 2. The van der Waals surface area contributed by atoms with Crippen LogP contribution >= 0.6 is 0 Å². The Labute approximate surface area is 238 Å². The van der Waals surface area contributed by atoms with Crippen LogP contribution in [0.5, 0.6) is 0 Å². The molecule has 2 N–H and O–H groups in total. The minimum absolute atomic E-state index is 0.129. The lowest BCUT2D eigenvalue weighted by Crippen LogP contribution is -2.38. The number of imidazole rings is 1. The number of aromatic nitrogens is 5. The Morgan fingerprint density at radius 2 is 1.76 bits per heavy atom. The van der Waals surface area contributed by atoms with E-state index in [4.69, 9.17) is 0 Å². The van der Waals surface area contributed by atoms with Crippen molar-refractivity contribution in [3.05, 3.63) is 64.8 Å². The zero-order valence-electron chi connectivity index (χ0n) is 24.2. The number of carboxylic acid groups (broad SMARTS) is 1. The minimum Gasteiger partial charge on any atom is -0.480 e. The Kier molecular flexibility index (Phi) is 8.70. The van der Waals surface area contributed by atoms with Crippen molar-refractivity contribution in [2.45, 2.75) is 53.1 Å². The van der Waals surface area contributed by atoms with Gasteiger partial charge in [0.15, 0.2) is 11.5 Å². The summed E-state index contributed by atoms with van der Waals surface area (Å²) in [5, 5.41) is 13.2. The standard InChI is InChI=1S/C29H36N8O4/c1-7-35(8-2)28-31-17-24(36(18(3)4)19(5)38)25(33-28)32-22(27(39)40)16-20-11-13-21(14-12-20)37-26-23(10-9-15-30-26)34(6)29(37)41/h9-15,17-18,22H,7-8,16H2,1-6H3,(H,39,40)(H,31,32,33)/t22-/m0/s1. The highest BCUT2D eigenvalue weighted by molar-refractivity contribution is 5.95. The number of amides is 1. The van der Waals surface area contributed by atoms with Crippen molar-refractivity contribution in [2.75, 3.05) is 28.2 Å². The molecular formula is C29H36N8O4. The van der Waals surface area contributed by atoms with Crippen molar-refractivity contribution in [1.82, 2.24) is 24.1 Å². The van der Waals surface area contributed by atoms with Crippen molar-refractivity contribution in [1.29, 1.82) is 0 Å². The molecule has 1 atom stereocenters. The first-order valence-corrected chi connectivity index (χ1v) is 13.6. The first-order valence-electron chi connectivity index (χ1n) is 13.6. The maximum Gasteiger partial charge on any atom is 0.334 e. The molecule has 3 aromatic heterocycles. The molecule has 0 bridgehead atoms. The first-order chi connectivity index (χ1) is 19.6. The van der Waals surface area contributed by atoms with Gasteiger partial charge >= 0.3 is 11.7 Å². The minimum atomic E-state index is -1.07. The Morgan fingerprint density at radius 3 is 2.34 bits per heavy atom. The van der Waals surface area contributed by atoms with Gasteiger partial charge in [-0.3, -0.25) is 9.36 Å². The lowest BCUT2D eigenvalue weighted by atomic mass is 10.1. The zero-order chi connectivity index (χ0) is 29.8. The molecule has 0 fully saturated rings. The molecule has 1 amide bonds. The van der Waals surface area contributed by atoms with E-state index in [0.29, 0.717) is 41.6 Å². The summed E-state index contributed by atoms with van der Waals surface area (Å²) in [4.78, 5) is 54.8. The van der Waals surface area contributed by atoms with Gasteiger partial charge in [-0.25, -0.2) is 24.1 Å². The number of carbonyl (C=O) groups excluding carboxylic acids is 1. The van der Waals surface area contributed by atoms with E-state index in [1.807, 2.05) is 38.7 Å². The largest absolute Gasteiger partial charge is 0.480 e. The van der Waals surface area contributed by atoms with Gasteiger partial charge in [0.05, 0.1) is 17.4 Å². The van der Waals surface area contributed by atoms with E-state index in [2.05, 4.69) is 20.3 Å². The molecule has 0 spiro atoms. The summed E-state index contributed by atoms with van der Waals surface area (Å²) in [6.45, 7) is 10.5. The summed E-state index contributed by atoms with van der Waals surface area (Å²) < 4.78 is 3.06. The molecule has 0 aliphatic heterocycles. The number of rotatable bonds is 11. The summed E-state index contributed by atoms with van der Waals surface area (Å²) in [6, 6.07) is 9.49. The van der Waals surface area contributed by atoms with Gasteiger partial charge in [0, 0.05) is 45.7 Å². The number of aliphatic carboxylic acids is 1. The van der Waals surface area contributed by atoms with Crippen LogP contribution in [0.4, 0.5) is 17.5 Å². The fraction of sp³-hybridized carbons (Fsp3) is 0.379. The van der Waals surface area contributed by atoms with Gasteiger partial charge in [-0.05, 0) is 57.5 Å². The maximum absolute atomic E-state index is 12.9. The molecule has 12 heteroatoms. The van der Waals surface area contributed by atoms with Crippen molar-refractivity contribution in [3.63, 3.8) is 0 Å². The Bertz CT molecular complexity index is 1610. The second kappa shape index (κ2) is 12.2. The summed E-state index contributed by atoms with van der Waals surface area (Å²) in [5.74, 6) is -0.571. The summed E-state index contributed by atoms with van der Waals surface area (Å²) in [7, 11) is 1.69. The van der Waals surface area contributed by atoms with Crippen molar-refractivity contribution < 1.29 is 14.7 Å². The van der Waals surface area contributed by atoms with Crippen molar-refractivity contribution >= 4 is 40.5 Å². The van der Waals surface area contributed by atoms with E-state index in [9.17, 15) is 19.5 Å². The Morgan fingerprint density at radius 1 is 1.07 bits per heavy atom. The molecule has 0 saturated carbocycles. The van der Waals surface area contributed by atoms with E-state index >= 15 is 0 Å². The Balaban J connectivity index is 1.67. The third-order valence-corrected chi connectivity index (χ3v) is 6.98. The molecule has 3 heterocycles. The normalized spacial score (nSPS) is 12.0. The van der Waals surface area contributed by atoms with Gasteiger partial charge in [0.1, 0.15) is 11.7 Å². The van der Waals surface area contributed by atoms with Gasteiger partial charge in [-0.2, -0.15) is 4.98 Å². The Hall–Kier alpha value is -4.74. The summed E-state index contributed by atoms with van der Waals surface area (Å²) >= 11 is 0. The van der Waals surface area contributed by atoms with Gasteiger partial charge in [-0.15, -0.1) is 0 Å². The lowest BCUT2D eigenvalue weighted by Gasteiger charge is -2.29. The summed E-state index contributed by atoms with van der Waals surface area (Å²) in [5.41, 5.74) is 2.80. The molecule has 12 nitrogen and oxygen atoms in total. The van der Waals surface area contributed by atoms with E-state index in [-0.39, 0.29) is 29.9 Å². The molecule has 0 aliphatic carbocycles. The molecule has 1 aromatic carbocycles. The SMILES string of the molecule is CCN(CC)c1ncc(N(C(C)=O)C(C)C)c(N[C@@H](Cc2ccc(-n3c(=O)n(C)c4cccnc43)cc2)C(=O)O)n1. The zero-order valence-corrected chi connectivity index (χ0v) is 24.2. The highest BCUT2D eigenvalue weighted by Gasteiger charge is 2.26. The molecule has 4 rings (SSSR count). The lowest BCUT2D eigenvalue weighted by molar-refractivity contribution is -0.137. The average Bonchev–Trinajstić information content (AvgIpc) is 3.19. The van der Waals surface area contributed by atoms with Crippen LogP contribution in [0.2, 0.25) is 0 Å². The van der Waals surface area contributed by atoms with E-state index in [1.54, 1.807) is 49.8 Å². The molecule has 0 aliphatic rings.